The molecule has 0 bridgehead atoms. The lowest BCUT2D eigenvalue weighted by Crippen LogP contribution is -2.40. The van der Waals surface area contributed by atoms with Gasteiger partial charge in [0.15, 0.2) is 11.6 Å². The van der Waals surface area contributed by atoms with Crippen LogP contribution in [0.15, 0.2) is 110 Å². The van der Waals surface area contributed by atoms with E-state index in [0.717, 1.165) is 52.3 Å². The fourth-order valence-corrected chi connectivity index (χ4v) is 8.24. The maximum absolute atomic E-state index is 13.3. The Kier molecular flexibility index (Phi) is 11.9. The second-order valence-corrected chi connectivity index (χ2v) is 16.0. The smallest absolute Gasteiger partial charge is 0.260 e. The van der Waals surface area contributed by atoms with Gasteiger partial charge in [-0.05, 0) is 112 Å². The average Bonchev–Trinajstić information content (AvgIpc) is 4.18. The minimum absolute atomic E-state index is 0.0880. The number of aromatic nitrogens is 10. The first-order valence-electron chi connectivity index (χ1n) is 21.4. The molecule has 0 saturated carbocycles. The fourth-order valence-electron chi connectivity index (χ4n) is 8.24. The summed E-state index contributed by atoms with van der Waals surface area (Å²) in [6.45, 7) is 8.17. The number of methoxy groups -OCH3 is 2. The third-order valence-electron chi connectivity index (χ3n) is 11.7. The minimum atomic E-state index is -0.426. The molecule has 0 fully saturated rings. The molecule has 2 aliphatic rings. The SMILES string of the molecule is COc1cc(-c2nnc3n2CCCN3C(=O)C(C)c2ccc(F)cc2)ccc1-n1cnc(C)c1.COc1cc(-c2nnc3n2CCCN3C(=O)c2ccc(F)cc2)ccc1-n1cnc(C)c1. The molecule has 1 unspecified atom stereocenters. The summed E-state index contributed by atoms with van der Waals surface area (Å²) in [5.74, 6) is 2.24. The van der Waals surface area contributed by atoms with Gasteiger partial charge in [-0.3, -0.25) is 28.5 Å². The van der Waals surface area contributed by atoms with E-state index in [2.05, 4.69) is 30.4 Å². The van der Waals surface area contributed by atoms with E-state index in [4.69, 9.17) is 9.47 Å². The number of fused-ring (bicyclic) bond motifs is 2. The number of aryl methyl sites for hydroxylation is 2. The molecule has 0 N–H and O–H groups in total. The van der Waals surface area contributed by atoms with Gasteiger partial charge >= 0.3 is 0 Å². The number of benzene rings is 4. The molecule has 0 radical (unpaired) electrons. The zero-order valence-corrected chi connectivity index (χ0v) is 37.0. The first-order valence-corrected chi connectivity index (χ1v) is 21.4. The number of nitrogens with zero attached hydrogens (tertiary/aromatic N) is 12. The van der Waals surface area contributed by atoms with Crippen molar-refractivity contribution < 1.29 is 27.8 Å². The highest BCUT2D eigenvalue weighted by Crippen LogP contribution is 2.35. The molecule has 1 atom stereocenters. The van der Waals surface area contributed by atoms with Crippen LogP contribution in [0.3, 0.4) is 0 Å². The molecule has 336 valence electrons. The summed E-state index contributed by atoms with van der Waals surface area (Å²) in [5.41, 5.74) is 6.41. The molecule has 4 aromatic carbocycles. The Hall–Kier alpha value is -8.02. The molecule has 4 aromatic heterocycles. The van der Waals surface area contributed by atoms with Gasteiger partial charge in [0.2, 0.25) is 17.8 Å². The average molecular weight is 893 g/mol. The second-order valence-electron chi connectivity index (χ2n) is 16.0. The van der Waals surface area contributed by atoms with Crippen LogP contribution in [-0.2, 0) is 17.9 Å². The Morgan fingerprint density at radius 2 is 1.08 bits per heavy atom. The van der Waals surface area contributed by atoms with Crippen molar-refractivity contribution in [2.24, 2.45) is 0 Å². The van der Waals surface area contributed by atoms with Crippen LogP contribution in [0.1, 0.15) is 53.0 Å². The highest BCUT2D eigenvalue weighted by atomic mass is 19.1. The van der Waals surface area contributed by atoms with Crippen LogP contribution in [0.25, 0.3) is 34.2 Å². The van der Waals surface area contributed by atoms with E-state index in [1.807, 2.05) is 87.8 Å². The first kappa shape index (κ1) is 43.2. The van der Waals surface area contributed by atoms with Gasteiger partial charge in [0, 0.05) is 55.3 Å². The molecule has 0 spiro atoms. The lowest BCUT2D eigenvalue weighted by molar-refractivity contribution is -0.119. The minimum Gasteiger partial charge on any atom is -0.495 e. The number of halogens is 2. The number of ether oxygens (including phenoxy) is 2. The maximum Gasteiger partial charge on any atom is 0.260 e. The van der Waals surface area contributed by atoms with Crippen LogP contribution < -0.4 is 19.3 Å². The van der Waals surface area contributed by atoms with Crippen LogP contribution in [0.4, 0.5) is 20.7 Å². The van der Waals surface area contributed by atoms with E-state index >= 15 is 0 Å². The lowest BCUT2D eigenvalue weighted by Gasteiger charge is -2.29. The van der Waals surface area contributed by atoms with Gasteiger partial charge in [-0.15, -0.1) is 20.4 Å². The second kappa shape index (κ2) is 18.2. The van der Waals surface area contributed by atoms with E-state index in [9.17, 15) is 18.4 Å². The van der Waals surface area contributed by atoms with Crippen LogP contribution in [0.2, 0.25) is 0 Å². The Morgan fingerprint density at radius 3 is 1.55 bits per heavy atom. The molecule has 0 saturated heterocycles. The lowest BCUT2D eigenvalue weighted by atomic mass is 9.99. The van der Waals surface area contributed by atoms with E-state index in [1.165, 1.54) is 36.4 Å². The molecular weight excluding hydrogens is 847 g/mol. The van der Waals surface area contributed by atoms with Crippen molar-refractivity contribution in [3.8, 4) is 45.6 Å². The van der Waals surface area contributed by atoms with Crippen LogP contribution in [-0.4, -0.2) is 87.8 Å². The largest absolute Gasteiger partial charge is 0.495 e. The van der Waals surface area contributed by atoms with E-state index < -0.39 is 5.92 Å². The van der Waals surface area contributed by atoms with E-state index in [0.29, 0.717) is 66.8 Å². The van der Waals surface area contributed by atoms with Crippen molar-refractivity contribution in [1.82, 2.24) is 48.6 Å². The summed E-state index contributed by atoms with van der Waals surface area (Å²) >= 11 is 0. The topological polar surface area (TPSA) is 156 Å². The first-order chi connectivity index (χ1) is 32.0. The van der Waals surface area contributed by atoms with Gasteiger partial charge in [0.05, 0.1) is 55.6 Å². The summed E-state index contributed by atoms with van der Waals surface area (Å²) in [7, 11) is 3.25. The van der Waals surface area contributed by atoms with Crippen molar-refractivity contribution in [2.45, 2.75) is 52.6 Å². The molecule has 2 amide bonds. The fraction of sp³-hybridized carbons (Fsp3) is 0.250. The molecule has 6 heterocycles. The number of hydrogen-bond donors (Lipinski definition) is 0. The summed E-state index contributed by atoms with van der Waals surface area (Å²) < 4.78 is 45.5. The zero-order valence-electron chi connectivity index (χ0n) is 37.0. The number of carbonyl (C=O) groups excluding carboxylic acids is 2. The highest BCUT2D eigenvalue weighted by Gasteiger charge is 2.32. The van der Waals surface area contributed by atoms with Crippen LogP contribution in [0, 0.1) is 25.5 Å². The molecular formula is C48H46F2N12O4. The van der Waals surface area contributed by atoms with Crippen molar-refractivity contribution in [3.63, 3.8) is 0 Å². The molecule has 8 aromatic rings. The van der Waals surface area contributed by atoms with Crippen molar-refractivity contribution in [1.29, 1.82) is 0 Å². The normalized spacial score (nSPS) is 13.6. The summed E-state index contributed by atoms with van der Waals surface area (Å²) in [6.07, 6.45) is 8.89. The zero-order chi connectivity index (χ0) is 46.1. The third-order valence-corrected chi connectivity index (χ3v) is 11.7. The van der Waals surface area contributed by atoms with Gasteiger partial charge in [-0.2, -0.15) is 0 Å². The monoisotopic (exact) mass is 892 g/mol. The number of rotatable bonds is 9. The predicted molar refractivity (Wildman–Crippen MR) is 242 cm³/mol. The van der Waals surface area contributed by atoms with Crippen LogP contribution in [0.5, 0.6) is 11.5 Å². The summed E-state index contributed by atoms with van der Waals surface area (Å²) in [5, 5.41) is 17.5. The van der Waals surface area contributed by atoms with Crippen molar-refractivity contribution >= 4 is 23.7 Å². The molecule has 0 aliphatic carbocycles. The van der Waals surface area contributed by atoms with Gasteiger partial charge in [-0.25, -0.2) is 18.7 Å². The molecule has 2 aliphatic heterocycles. The highest BCUT2D eigenvalue weighted by molar-refractivity contribution is 6.05. The van der Waals surface area contributed by atoms with E-state index in [1.54, 1.807) is 48.8 Å². The van der Waals surface area contributed by atoms with Crippen molar-refractivity contribution in [2.75, 3.05) is 37.1 Å². The van der Waals surface area contributed by atoms with Gasteiger partial charge < -0.3 is 18.6 Å². The standard InChI is InChI=1S/C25H25FN6O2.C23H21FN6O2/c1-16-14-30(15-27-16)21-10-7-19(13-22(21)34-3)23-28-29-25-31(23)11-4-12-32(25)24(33)17(2)18-5-8-20(26)9-6-18;1-15-13-28(14-25-15)19-9-6-17(12-20(19)32-2)21-26-27-23-29(21)10-3-11-30(23)22(31)16-4-7-18(24)8-5-16/h5-10,13-15,17H,4,11-12H2,1-3H3;4-9,12-14H,3,10-11H2,1-2H3. The van der Waals surface area contributed by atoms with Gasteiger partial charge in [-0.1, -0.05) is 12.1 Å². The van der Waals surface area contributed by atoms with Crippen LogP contribution >= 0.6 is 0 Å². The number of hydrogen-bond acceptors (Lipinski definition) is 10. The van der Waals surface area contributed by atoms with Crippen molar-refractivity contribution in [3.05, 3.63) is 144 Å². The Labute approximate surface area is 378 Å². The third kappa shape index (κ3) is 8.39. The van der Waals surface area contributed by atoms with Gasteiger partial charge in [0.1, 0.15) is 23.1 Å². The summed E-state index contributed by atoms with van der Waals surface area (Å²) in [6, 6.07) is 23.2. The number of amides is 2. The number of anilines is 2. The van der Waals surface area contributed by atoms with Gasteiger partial charge in [0.25, 0.3) is 5.91 Å². The Morgan fingerprint density at radius 1 is 0.606 bits per heavy atom. The quantitative estimate of drug-likeness (QED) is 0.140. The Bertz CT molecular complexity index is 3050. The summed E-state index contributed by atoms with van der Waals surface area (Å²) in [4.78, 5) is 38.2. The number of imidazole rings is 2. The molecule has 16 nitrogen and oxygen atoms in total. The molecule has 10 rings (SSSR count). The maximum atomic E-state index is 13.3. The Balaban J connectivity index is 0.000000166. The molecule has 18 heteroatoms. The molecule has 66 heavy (non-hydrogen) atoms. The number of carbonyl (C=O) groups is 2. The van der Waals surface area contributed by atoms with E-state index in [-0.39, 0.29) is 23.4 Å². The predicted octanol–water partition coefficient (Wildman–Crippen LogP) is 7.76.